The highest BCUT2D eigenvalue weighted by molar-refractivity contribution is 5.90. The molecule has 0 heterocycles. The minimum atomic E-state index is -0.581. The van der Waals surface area contributed by atoms with Crippen LogP contribution in [0.5, 0.6) is 0 Å². The van der Waals surface area contributed by atoms with E-state index in [0.717, 1.165) is 27.9 Å². The second kappa shape index (κ2) is 5.81. The van der Waals surface area contributed by atoms with Gasteiger partial charge in [-0.05, 0) is 36.6 Å². The van der Waals surface area contributed by atoms with Crippen molar-refractivity contribution in [1.82, 2.24) is 5.32 Å². The molecule has 0 fully saturated rings. The van der Waals surface area contributed by atoms with Crippen LogP contribution in [0.25, 0.3) is 0 Å². The topological polar surface area (TPSA) is 61.4 Å². The van der Waals surface area contributed by atoms with Gasteiger partial charge < -0.3 is 15.7 Å². The van der Waals surface area contributed by atoms with Crippen molar-refractivity contribution in [3.8, 4) is 0 Å². The van der Waals surface area contributed by atoms with Gasteiger partial charge in [-0.2, -0.15) is 0 Å². The first kappa shape index (κ1) is 14.6. The van der Waals surface area contributed by atoms with Crippen LogP contribution in [-0.4, -0.2) is 17.2 Å². The molecule has 4 nitrogen and oxygen atoms in total. The summed E-state index contributed by atoms with van der Waals surface area (Å²) in [5.41, 5.74) is 5.03. The van der Waals surface area contributed by atoms with Crippen molar-refractivity contribution in [3.63, 3.8) is 0 Å². The quantitative estimate of drug-likeness (QED) is 0.797. The smallest absolute Gasteiger partial charge is 0.319 e. The Morgan fingerprint density at radius 1 is 1.18 bits per heavy atom. The second-order valence-corrected chi connectivity index (χ2v) is 5.86. The van der Waals surface area contributed by atoms with Gasteiger partial charge in [0.25, 0.3) is 0 Å². The normalized spacial score (nSPS) is 19.6. The fourth-order valence-electron chi connectivity index (χ4n) is 3.00. The van der Waals surface area contributed by atoms with E-state index in [4.69, 9.17) is 0 Å². The second-order valence-electron chi connectivity index (χ2n) is 5.86. The zero-order valence-corrected chi connectivity index (χ0v) is 12.8. The predicted molar refractivity (Wildman–Crippen MR) is 87.0 cm³/mol. The molecule has 3 N–H and O–H groups in total. The molecule has 0 spiro atoms. The number of carbonyl (C=O) groups excluding carboxylic acids is 1. The zero-order valence-electron chi connectivity index (χ0n) is 12.8. The number of aliphatic hydroxyl groups excluding tert-OH is 1. The van der Waals surface area contributed by atoms with Crippen LogP contribution < -0.4 is 10.6 Å². The lowest BCUT2D eigenvalue weighted by Crippen LogP contribution is -2.36. The number of anilines is 1. The van der Waals surface area contributed by atoms with Gasteiger partial charge in [0.15, 0.2) is 0 Å². The molecule has 1 aliphatic carbocycles. The molecule has 0 saturated heterocycles. The third-order valence-electron chi connectivity index (χ3n) is 4.12. The van der Waals surface area contributed by atoms with Gasteiger partial charge in [-0.1, -0.05) is 42.0 Å². The Hall–Kier alpha value is -2.33. The largest absolute Gasteiger partial charge is 0.390 e. The Kier molecular flexibility index (Phi) is 3.86. The summed E-state index contributed by atoms with van der Waals surface area (Å²) in [7, 11) is 0. The van der Waals surface area contributed by atoms with E-state index in [-0.39, 0.29) is 12.1 Å². The van der Waals surface area contributed by atoms with Gasteiger partial charge in [0, 0.05) is 12.1 Å². The Bertz CT molecular complexity index is 712. The summed E-state index contributed by atoms with van der Waals surface area (Å²) in [6, 6.07) is 13.0. The summed E-state index contributed by atoms with van der Waals surface area (Å²) in [5.74, 6) is 0. The number of aryl methyl sites for hydroxylation is 2. The molecular weight excluding hydrogens is 276 g/mol. The number of benzene rings is 2. The molecule has 0 unspecified atom stereocenters. The zero-order chi connectivity index (χ0) is 15.7. The van der Waals surface area contributed by atoms with Gasteiger partial charge in [0.1, 0.15) is 0 Å². The number of aliphatic hydroxyl groups is 1. The third kappa shape index (κ3) is 2.83. The molecule has 2 aromatic rings. The molecule has 1 aliphatic rings. The van der Waals surface area contributed by atoms with E-state index < -0.39 is 6.10 Å². The van der Waals surface area contributed by atoms with E-state index in [1.54, 1.807) is 0 Å². The number of urea groups is 1. The lowest BCUT2D eigenvalue weighted by Gasteiger charge is -2.19. The highest BCUT2D eigenvalue weighted by Gasteiger charge is 2.31. The minimum Gasteiger partial charge on any atom is -0.390 e. The molecule has 0 radical (unpaired) electrons. The van der Waals surface area contributed by atoms with Gasteiger partial charge in [-0.3, -0.25) is 0 Å². The Balaban J connectivity index is 1.72. The van der Waals surface area contributed by atoms with Gasteiger partial charge in [-0.25, -0.2) is 4.79 Å². The number of rotatable bonds is 2. The number of nitrogens with one attached hydrogen (secondary N) is 2. The summed E-state index contributed by atoms with van der Waals surface area (Å²) in [5, 5.41) is 15.9. The van der Waals surface area contributed by atoms with Crippen LogP contribution in [0.2, 0.25) is 0 Å². The van der Waals surface area contributed by atoms with Crippen molar-refractivity contribution in [1.29, 1.82) is 0 Å². The van der Waals surface area contributed by atoms with Gasteiger partial charge in [0.05, 0.1) is 12.1 Å². The molecule has 22 heavy (non-hydrogen) atoms. The first-order chi connectivity index (χ1) is 10.5. The monoisotopic (exact) mass is 296 g/mol. The van der Waals surface area contributed by atoms with Crippen LogP contribution in [0.1, 0.15) is 28.3 Å². The fourth-order valence-corrected chi connectivity index (χ4v) is 3.00. The number of fused-ring (bicyclic) bond motifs is 1. The summed E-state index contributed by atoms with van der Waals surface area (Å²) in [6.45, 7) is 3.98. The molecule has 0 aromatic heterocycles. The van der Waals surface area contributed by atoms with Crippen molar-refractivity contribution in [3.05, 3.63) is 64.7 Å². The van der Waals surface area contributed by atoms with Crippen LogP contribution >= 0.6 is 0 Å². The number of hydrogen-bond donors (Lipinski definition) is 3. The molecule has 0 bridgehead atoms. The summed E-state index contributed by atoms with van der Waals surface area (Å²) in [6.07, 6.45) is -0.00715. The maximum atomic E-state index is 12.2. The molecule has 0 aliphatic heterocycles. The van der Waals surface area contributed by atoms with E-state index in [1.165, 1.54) is 0 Å². The van der Waals surface area contributed by atoms with Crippen LogP contribution in [0, 0.1) is 13.8 Å². The van der Waals surface area contributed by atoms with Crippen molar-refractivity contribution < 1.29 is 9.90 Å². The average molecular weight is 296 g/mol. The highest BCUT2D eigenvalue weighted by Crippen LogP contribution is 2.31. The summed E-state index contributed by atoms with van der Waals surface area (Å²) < 4.78 is 0. The molecule has 0 saturated carbocycles. The van der Waals surface area contributed by atoms with Crippen molar-refractivity contribution in [2.45, 2.75) is 32.4 Å². The van der Waals surface area contributed by atoms with E-state index >= 15 is 0 Å². The Labute approximate surface area is 130 Å². The average Bonchev–Trinajstić information content (AvgIpc) is 2.78. The van der Waals surface area contributed by atoms with E-state index in [2.05, 4.69) is 10.6 Å². The molecule has 2 atom stereocenters. The van der Waals surface area contributed by atoms with Gasteiger partial charge in [-0.15, -0.1) is 0 Å². The van der Waals surface area contributed by atoms with Gasteiger partial charge >= 0.3 is 6.03 Å². The minimum absolute atomic E-state index is 0.298. The molecule has 2 aromatic carbocycles. The van der Waals surface area contributed by atoms with E-state index in [1.807, 2.05) is 56.3 Å². The van der Waals surface area contributed by atoms with Gasteiger partial charge in [0.2, 0.25) is 0 Å². The molecule has 3 rings (SSSR count). The van der Waals surface area contributed by atoms with Crippen molar-refractivity contribution in [2.75, 3.05) is 5.32 Å². The van der Waals surface area contributed by atoms with E-state index in [0.29, 0.717) is 6.42 Å². The predicted octanol–water partition coefficient (Wildman–Crippen LogP) is 3.08. The SMILES string of the molecule is Cc1ccc(NC(=O)N[C@H]2c3ccccc3C[C@H]2O)c(C)c1. The van der Waals surface area contributed by atoms with Crippen molar-refractivity contribution >= 4 is 11.7 Å². The maximum Gasteiger partial charge on any atom is 0.319 e. The lowest BCUT2D eigenvalue weighted by molar-refractivity contribution is 0.144. The molecular formula is C18H20N2O2. The van der Waals surface area contributed by atoms with Crippen molar-refractivity contribution in [2.24, 2.45) is 0 Å². The summed E-state index contributed by atoms with van der Waals surface area (Å²) >= 11 is 0. The molecule has 2 amide bonds. The molecule has 4 heteroatoms. The van der Waals surface area contributed by atoms with Crippen LogP contribution in [0.3, 0.4) is 0 Å². The van der Waals surface area contributed by atoms with Crippen LogP contribution in [0.15, 0.2) is 42.5 Å². The third-order valence-corrected chi connectivity index (χ3v) is 4.12. The van der Waals surface area contributed by atoms with Crippen LogP contribution in [-0.2, 0) is 6.42 Å². The Morgan fingerprint density at radius 3 is 2.73 bits per heavy atom. The maximum absolute atomic E-state index is 12.2. The Morgan fingerprint density at radius 2 is 1.95 bits per heavy atom. The lowest BCUT2D eigenvalue weighted by atomic mass is 10.1. The number of amides is 2. The molecule has 114 valence electrons. The highest BCUT2D eigenvalue weighted by atomic mass is 16.3. The number of hydrogen-bond acceptors (Lipinski definition) is 2. The fraction of sp³-hybridized carbons (Fsp3) is 0.278. The first-order valence-corrected chi connectivity index (χ1v) is 7.45. The number of carbonyl (C=O) groups is 1. The summed E-state index contributed by atoms with van der Waals surface area (Å²) in [4.78, 5) is 12.2. The standard InChI is InChI=1S/C18H20N2O2/c1-11-7-8-15(12(2)9-11)19-18(22)20-17-14-6-4-3-5-13(14)10-16(17)21/h3-9,16-17,21H,10H2,1-2H3,(H2,19,20,22)/t16-,17+/m1/s1. The van der Waals surface area contributed by atoms with E-state index in [9.17, 15) is 9.90 Å². The first-order valence-electron chi connectivity index (χ1n) is 7.45. The van der Waals surface area contributed by atoms with Crippen LogP contribution in [0.4, 0.5) is 10.5 Å².